The maximum absolute atomic E-state index is 11.9. The van der Waals surface area contributed by atoms with Crippen LogP contribution in [0.15, 0.2) is 23.4 Å². The van der Waals surface area contributed by atoms with Gasteiger partial charge in [-0.3, -0.25) is 4.79 Å². The van der Waals surface area contributed by atoms with Crippen molar-refractivity contribution in [3.05, 3.63) is 28.8 Å². The lowest BCUT2D eigenvalue weighted by Gasteiger charge is -2.09. The average Bonchev–Trinajstić information content (AvgIpc) is 2.86. The zero-order chi connectivity index (χ0) is 15.2. The van der Waals surface area contributed by atoms with E-state index in [4.69, 9.17) is 11.6 Å². The number of benzene rings is 1. The number of hydrogen-bond acceptors (Lipinski definition) is 5. The summed E-state index contributed by atoms with van der Waals surface area (Å²) in [6, 6.07) is 5.47. The van der Waals surface area contributed by atoms with Crippen LogP contribution < -0.4 is 5.32 Å². The molecule has 0 aliphatic heterocycles. The molecule has 1 amide bonds. The fraction of sp³-hybridized carbons (Fsp3) is 0.385. The summed E-state index contributed by atoms with van der Waals surface area (Å²) in [5.41, 5.74) is 1.64. The fourth-order valence-electron chi connectivity index (χ4n) is 1.70. The maximum Gasteiger partial charge on any atom is 0.224 e. The molecule has 0 bridgehead atoms. The highest BCUT2D eigenvalue weighted by Gasteiger charge is 2.07. The Labute approximate surface area is 132 Å². The van der Waals surface area contributed by atoms with Crippen LogP contribution >= 0.6 is 23.4 Å². The summed E-state index contributed by atoms with van der Waals surface area (Å²) in [6.45, 7) is 1.88. The van der Waals surface area contributed by atoms with Gasteiger partial charge in [-0.1, -0.05) is 29.4 Å². The Morgan fingerprint density at radius 1 is 1.48 bits per heavy atom. The highest BCUT2D eigenvalue weighted by atomic mass is 35.5. The van der Waals surface area contributed by atoms with E-state index in [-0.39, 0.29) is 5.91 Å². The van der Waals surface area contributed by atoms with Crippen LogP contribution in [0.2, 0.25) is 5.02 Å². The number of amides is 1. The molecule has 1 N–H and O–H groups in total. The van der Waals surface area contributed by atoms with Crippen molar-refractivity contribution in [1.82, 2.24) is 20.2 Å². The van der Waals surface area contributed by atoms with Gasteiger partial charge in [0, 0.05) is 29.9 Å². The Hall–Kier alpha value is -1.60. The standard InChI is InChI=1S/C13H16ClN5OS/c1-9-10(14)5-3-6-11(9)15-12(20)7-4-8-21-13-16-17-18-19(13)2/h3,5-6H,4,7-8H2,1-2H3,(H,15,20). The number of rotatable bonds is 6. The Balaban J connectivity index is 1.75. The molecule has 2 aromatic rings. The van der Waals surface area contributed by atoms with Gasteiger partial charge >= 0.3 is 0 Å². The number of nitrogens with one attached hydrogen (secondary N) is 1. The molecule has 2 rings (SSSR count). The van der Waals surface area contributed by atoms with Crippen LogP contribution in [0.25, 0.3) is 0 Å². The third-order valence-corrected chi connectivity index (χ3v) is 4.41. The van der Waals surface area contributed by atoms with Crippen LogP contribution in [0, 0.1) is 6.92 Å². The van der Waals surface area contributed by atoms with Gasteiger partial charge in [0.1, 0.15) is 0 Å². The summed E-state index contributed by atoms with van der Waals surface area (Å²) < 4.78 is 1.61. The van der Waals surface area contributed by atoms with Crippen LogP contribution in [0.5, 0.6) is 0 Å². The number of thioether (sulfide) groups is 1. The average molecular weight is 326 g/mol. The van der Waals surface area contributed by atoms with E-state index >= 15 is 0 Å². The molecule has 1 heterocycles. The molecule has 0 fully saturated rings. The minimum atomic E-state index is -0.0166. The highest BCUT2D eigenvalue weighted by molar-refractivity contribution is 7.99. The van der Waals surface area contributed by atoms with Crippen LogP contribution in [-0.4, -0.2) is 31.9 Å². The number of halogens is 1. The number of anilines is 1. The van der Waals surface area contributed by atoms with Crippen molar-refractivity contribution in [1.29, 1.82) is 0 Å². The molecular weight excluding hydrogens is 310 g/mol. The fourth-order valence-corrected chi connectivity index (χ4v) is 2.66. The number of aryl methyl sites for hydroxylation is 1. The zero-order valence-corrected chi connectivity index (χ0v) is 13.4. The number of aromatic nitrogens is 4. The van der Waals surface area contributed by atoms with Crippen molar-refractivity contribution in [2.45, 2.75) is 24.9 Å². The van der Waals surface area contributed by atoms with E-state index in [0.29, 0.717) is 11.4 Å². The lowest BCUT2D eigenvalue weighted by Crippen LogP contribution is -2.12. The molecule has 21 heavy (non-hydrogen) atoms. The number of hydrogen-bond donors (Lipinski definition) is 1. The third kappa shape index (κ3) is 4.44. The van der Waals surface area contributed by atoms with Crippen LogP contribution in [0.4, 0.5) is 5.69 Å². The first-order chi connectivity index (χ1) is 10.1. The number of nitrogens with zero attached hydrogens (tertiary/aromatic N) is 4. The van der Waals surface area contributed by atoms with E-state index in [2.05, 4.69) is 20.8 Å². The van der Waals surface area contributed by atoms with Crippen LogP contribution in [0.3, 0.4) is 0 Å². The van der Waals surface area contributed by atoms with Crippen molar-refractivity contribution in [3.63, 3.8) is 0 Å². The summed E-state index contributed by atoms with van der Waals surface area (Å²) in [6.07, 6.45) is 1.20. The lowest BCUT2D eigenvalue weighted by molar-refractivity contribution is -0.116. The van der Waals surface area contributed by atoms with Gasteiger partial charge in [0.05, 0.1) is 0 Å². The Morgan fingerprint density at radius 3 is 3.00 bits per heavy atom. The minimum absolute atomic E-state index is 0.0166. The van der Waals surface area contributed by atoms with E-state index in [1.54, 1.807) is 17.8 Å². The molecule has 1 aromatic carbocycles. The van der Waals surface area contributed by atoms with E-state index < -0.39 is 0 Å². The van der Waals surface area contributed by atoms with E-state index in [0.717, 1.165) is 28.6 Å². The SMILES string of the molecule is Cc1c(Cl)cccc1NC(=O)CCCSc1nnnn1C. The van der Waals surface area contributed by atoms with Crippen LogP contribution in [0.1, 0.15) is 18.4 Å². The second kappa shape index (κ2) is 7.42. The Kier molecular flexibility index (Phi) is 5.58. The van der Waals surface area contributed by atoms with Crippen molar-refractivity contribution in [3.8, 4) is 0 Å². The van der Waals surface area contributed by atoms with E-state index in [9.17, 15) is 4.79 Å². The molecule has 0 aliphatic carbocycles. The van der Waals surface area contributed by atoms with Gasteiger partial charge in [0.2, 0.25) is 11.1 Å². The second-order valence-corrected chi connectivity index (χ2v) is 5.97. The maximum atomic E-state index is 11.9. The Morgan fingerprint density at radius 2 is 2.29 bits per heavy atom. The first-order valence-corrected chi connectivity index (χ1v) is 7.84. The van der Waals surface area contributed by atoms with Gasteiger partial charge in [-0.2, -0.15) is 0 Å². The minimum Gasteiger partial charge on any atom is -0.326 e. The van der Waals surface area contributed by atoms with Crippen molar-refractivity contribution < 1.29 is 4.79 Å². The van der Waals surface area contributed by atoms with E-state index in [1.807, 2.05) is 19.1 Å². The summed E-state index contributed by atoms with van der Waals surface area (Å²) in [5.74, 6) is 0.771. The first kappa shape index (κ1) is 15.8. The van der Waals surface area contributed by atoms with Crippen molar-refractivity contribution in [2.75, 3.05) is 11.1 Å². The summed E-state index contributed by atoms with van der Waals surface area (Å²) >= 11 is 7.55. The molecule has 0 unspecified atom stereocenters. The smallest absolute Gasteiger partial charge is 0.224 e. The van der Waals surface area contributed by atoms with Crippen LogP contribution in [-0.2, 0) is 11.8 Å². The predicted octanol–water partition coefficient (Wildman–Crippen LogP) is 2.68. The van der Waals surface area contributed by atoms with Gasteiger partial charge in [0.25, 0.3) is 0 Å². The normalized spacial score (nSPS) is 10.6. The third-order valence-electron chi connectivity index (χ3n) is 2.90. The molecule has 0 saturated heterocycles. The molecule has 8 heteroatoms. The van der Waals surface area contributed by atoms with Gasteiger partial charge in [-0.05, 0) is 41.5 Å². The Bertz CT molecular complexity index is 631. The van der Waals surface area contributed by atoms with Crippen molar-refractivity contribution >= 4 is 35.0 Å². The molecule has 0 aliphatic rings. The molecule has 1 aromatic heterocycles. The summed E-state index contributed by atoms with van der Waals surface area (Å²) in [4.78, 5) is 11.9. The molecule has 6 nitrogen and oxygen atoms in total. The van der Waals surface area contributed by atoms with Gasteiger partial charge in [-0.25, -0.2) is 4.68 Å². The quantitative estimate of drug-likeness (QED) is 0.653. The van der Waals surface area contributed by atoms with Gasteiger partial charge < -0.3 is 5.32 Å². The number of tetrazole rings is 1. The lowest BCUT2D eigenvalue weighted by atomic mass is 10.2. The monoisotopic (exact) mass is 325 g/mol. The highest BCUT2D eigenvalue weighted by Crippen LogP contribution is 2.23. The predicted molar refractivity (Wildman–Crippen MR) is 83.6 cm³/mol. The number of carbonyl (C=O) groups excluding carboxylic acids is 1. The summed E-state index contributed by atoms with van der Waals surface area (Å²) in [7, 11) is 1.79. The topological polar surface area (TPSA) is 72.7 Å². The molecule has 112 valence electrons. The molecule has 0 spiro atoms. The number of carbonyl (C=O) groups is 1. The van der Waals surface area contributed by atoms with Gasteiger partial charge in [0.15, 0.2) is 0 Å². The second-order valence-electron chi connectivity index (χ2n) is 4.50. The molecular formula is C13H16ClN5OS. The van der Waals surface area contributed by atoms with E-state index in [1.165, 1.54) is 11.8 Å². The summed E-state index contributed by atoms with van der Waals surface area (Å²) in [5, 5.41) is 15.5. The molecule has 0 atom stereocenters. The molecule has 0 saturated carbocycles. The zero-order valence-electron chi connectivity index (χ0n) is 11.8. The van der Waals surface area contributed by atoms with Crippen molar-refractivity contribution in [2.24, 2.45) is 7.05 Å². The first-order valence-electron chi connectivity index (χ1n) is 6.48. The largest absolute Gasteiger partial charge is 0.326 e. The van der Waals surface area contributed by atoms with Gasteiger partial charge in [-0.15, -0.1) is 5.10 Å². The molecule has 0 radical (unpaired) electrons.